The number of nitrogens with zero attached hydrogens (tertiary/aromatic N) is 2. The van der Waals surface area contributed by atoms with Gasteiger partial charge in [0.1, 0.15) is 5.75 Å². The van der Waals surface area contributed by atoms with Crippen molar-refractivity contribution in [3.05, 3.63) is 45.2 Å². The van der Waals surface area contributed by atoms with Crippen molar-refractivity contribution in [3.63, 3.8) is 0 Å². The van der Waals surface area contributed by atoms with Crippen molar-refractivity contribution in [2.75, 3.05) is 13.1 Å². The van der Waals surface area contributed by atoms with Gasteiger partial charge in [-0.25, -0.2) is 0 Å². The van der Waals surface area contributed by atoms with Crippen LogP contribution in [0.4, 0.5) is 0 Å². The van der Waals surface area contributed by atoms with Crippen molar-refractivity contribution in [2.24, 2.45) is 0 Å². The van der Waals surface area contributed by atoms with Crippen molar-refractivity contribution >= 4 is 23.2 Å². The summed E-state index contributed by atoms with van der Waals surface area (Å²) in [5.74, 6) is 0.395. The molecule has 2 N–H and O–H groups in total. The summed E-state index contributed by atoms with van der Waals surface area (Å²) in [7, 11) is 0. The molecule has 0 bridgehead atoms. The lowest BCUT2D eigenvalue weighted by Gasteiger charge is -2.17. The van der Waals surface area contributed by atoms with E-state index < -0.39 is 0 Å². The molecule has 116 valence electrons. The fraction of sp³-hybridized carbons (Fsp3) is 0.438. The molecule has 1 saturated heterocycles. The molecule has 1 aromatic carbocycles. The Balaban J connectivity index is 1.67. The van der Waals surface area contributed by atoms with E-state index >= 15 is 0 Å². The van der Waals surface area contributed by atoms with Crippen LogP contribution in [0.25, 0.3) is 0 Å². The highest BCUT2D eigenvalue weighted by Gasteiger charge is 2.32. The lowest BCUT2D eigenvalue weighted by molar-refractivity contribution is 0.454. The van der Waals surface area contributed by atoms with E-state index in [4.69, 9.17) is 23.2 Å². The van der Waals surface area contributed by atoms with E-state index in [1.807, 2.05) is 6.20 Å². The van der Waals surface area contributed by atoms with Crippen LogP contribution >= 0.6 is 23.2 Å². The fourth-order valence-electron chi connectivity index (χ4n) is 3.70. The molecule has 6 heteroatoms. The summed E-state index contributed by atoms with van der Waals surface area (Å²) >= 11 is 12.4. The molecule has 4 rings (SSSR count). The Labute approximate surface area is 139 Å². The van der Waals surface area contributed by atoms with Crippen molar-refractivity contribution in [1.82, 2.24) is 15.1 Å². The number of hydrogen-bond donors (Lipinski definition) is 2. The van der Waals surface area contributed by atoms with E-state index in [0.717, 1.165) is 37.9 Å². The first kappa shape index (κ1) is 14.4. The van der Waals surface area contributed by atoms with Gasteiger partial charge in [-0.2, -0.15) is 5.10 Å². The lowest BCUT2D eigenvalue weighted by Crippen LogP contribution is -2.17. The maximum atomic E-state index is 10.2. The van der Waals surface area contributed by atoms with Crippen LogP contribution in [0.15, 0.2) is 18.3 Å². The van der Waals surface area contributed by atoms with Crippen LogP contribution < -0.4 is 5.32 Å². The average Bonchev–Trinajstić information content (AvgIpc) is 3.18. The standard InChI is InChI=1S/C16H17Cl2N3O/c17-12-1-2-14(22)15(16(12)18)9-5-10-7-20-21(13(10)6-9)11-3-4-19-8-11/h1-2,7,9,11,19,22H,3-6,8H2/t9-,11+/m0/s1. The van der Waals surface area contributed by atoms with Gasteiger partial charge in [-0.3, -0.25) is 4.68 Å². The number of benzene rings is 1. The summed E-state index contributed by atoms with van der Waals surface area (Å²) in [5, 5.41) is 19.1. The maximum absolute atomic E-state index is 10.2. The normalized spacial score (nSPS) is 23.9. The SMILES string of the molecule is Oc1ccc(Cl)c(Cl)c1[C@H]1Cc2cnn([C@@H]3CCNC3)c2C1. The zero-order valence-electron chi connectivity index (χ0n) is 12.0. The van der Waals surface area contributed by atoms with Crippen LogP contribution in [0.5, 0.6) is 5.75 Å². The number of nitrogens with one attached hydrogen (secondary N) is 1. The van der Waals surface area contributed by atoms with E-state index in [0.29, 0.717) is 16.1 Å². The highest BCUT2D eigenvalue weighted by molar-refractivity contribution is 6.42. The van der Waals surface area contributed by atoms with Crippen molar-refractivity contribution in [2.45, 2.75) is 31.2 Å². The topological polar surface area (TPSA) is 50.1 Å². The molecule has 0 saturated carbocycles. The second kappa shape index (κ2) is 5.44. The molecule has 0 radical (unpaired) electrons. The molecule has 2 heterocycles. The number of fused-ring (bicyclic) bond motifs is 1. The van der Waals surface area contributed by atoms with Crippen LogP contribution in [0, 0.1) is 0 Å². The fourth-order valence-corrected chi connectivity index (χ4v) is 4.18. The number of hydrogen-bond acceptors (Lipinski definition) is 3. The van der Waals surface area contributed by atoms with E-state index in [1.54, 1.807) is 12.1 Å². The van der Waals surface area contributed by atoms with Gasteiger partial charge in [-0.05, 0) is 49.4 Å². The smallest absolute Gasteiger partial charge is 0.120 e. The first-order chi connectivity index (χ1) is 10.6. The van der Waals surface area contributed by atoms with Crippen LogP contribution in [0.3, 0.4) is 0 Å². The molecule has 4 nitrogen and oxygen atoms in total. The Morgan fingerprint density at radius 1 is 1.27 bits per heavy atom. The first-order valence-electron chi connectivity index (χ1n) is 7.58. The molecule has 0 amide bonds. The minimum atomic E-state index is 0.166. The number of aromatic nitrogens is 2. The van der Waals surface area contributed by atoms with Gasteiger partial charge in [0.2, 0.25) is 0 Å². The highest BCUT2D eigenvalue weighted by Crippen LogP contribution is 2.44. The van der Waals surface area contributed by atoms with Gasteiger partial charge < -0.3 is 10.4 Å². The Bertz CT molecular complexity index is 722. The minimum absolute atomic E-state index is 0.166. The van der Waals surface area contributed by atoms with Gasteiger partial charge in [-0.15, -0.1) is 0 Å². The van der Waals surface area contributed by atoms with Crippen LogP contribution in [-0.4, -0.2) is 28.0 Å². The number of aromatic hydroxyl groups is 1. The van der Waals surface area contributed by atoms with Gasteiger partial charge in [0.15, 0.2) is 0 Å². The summed E-state index contributed by atoms with van der Waals surface area (Å²) in [6.45, 7) is 2.02. The van der Waals surface area contributed by atoms with Gasteiger partial charge in [-0.1, -0.05) is 23.2 Å². The highest BCUT2D eigenvalue weighted by atomic mass is 35.5. The molecular formula is C16H17Cl2N3O. The van der Waals surface area contributed by atoms with E-state index in [1.165, 1.54) is 11.3 Å². The lowest BCUT2D eigenvalue weighted by atomic mass is 9.95. The third-order valence-corrected chi connectivity index (χ3v) is 5.61. The van der Waals surface area contributed by atoms with Gasteiger partial charge in [0.05, 0.1) is 22.3 Å². The molecule has 2 atom stereocenters. The Morgan fingerprint density at radius 2 is 2.14 bits per heavy atom. The average molecular weight is 338 g/mol. The zero-order valence-corrected chi connectivity index (χ0v) is 13.5. The summed E-state index contributed by atoms with van der Waals surface area (Å²) in [5.41, 5.74) is 3.29. The third-order valence-electron chi connectivity index (χ3n) is 4.79. The Morgan fingerprint density at radius 3 is 2.91 bits per heavy atom. The first-order valence-corrected chi connectivity index (χ1v) is 8.33. The number of phenols is 1. The predicted octanol–water partition coefficient (Wildman–Crippen LogP) is 3.31. The van der Waals surface area contributed by atoms with Gasteiger partial charge >= 0.3 is 0 Å². The van der Waals surface area contributed by atoms with Crippen LogP contribution in [0.1, 0.15) is 35.2 Å². The molecule has 22 heavy (non-hydrogen) atoms. The largest absolute Gasteiger partial charge is 0.508 e. The molecule has 0 spiro atoms. The van der Waals surface area contributed by atoms with Crippen molar-refractivity contribution in [1.29, 1.82) is 0 Å². The Kier molecular flexibility index (Phi) is 3.56. The summed E-state index contributed by atoms with van der Waals surface area (Å²) in [4.78, 5) is 0. The molecule has 2 aliphatic rings. The monoisotopic (exact) mass is 337 g/mol. The predicted molar refractivity (Wildman–Crippen MR) is 87.0 cm³/mol. The molecule has 1 aliphatic carbocycles. The minimum Gasteiger partial charge on any atom is -0.508 e. The molecule has 2 aromatic rings. The molecule has 1 fully saturated rings. The number of phenolic OH excluding ortho intramolecular Hbond substituents is 1. The second-order valence-electron chi connectivity index (χ2n) is 6.11. The van der Waals surface area contributed by atoms with Crippen molar-refractivity contribution in [3.8, 4) is 5.75 Å². The summed E-state index contributed by atoms with van der Waals surface area (Å²) < 4.78 is 2.16. The van der Waals surface area contributed by atoms with Gasteiger partial charge in [0.25, 0.3) is 0 Å². The molecule has 1 aliphatic heterocycles. The van der Waals surface area contributed by atoms with Gasteiger partial charge in [0, 0.05) is 17.8 Å². The quantitative estimate of drug-likeness (QED) is 0.883. The second-order valence-corrected chi connectivity index (χ2v) is 6.89. The van der Waals surface area contributed by atoms with E-state index in [-0.39, 0.29) is 11.7 Å². The summed E-state index contributed by atoms with van der Waals surface area (Å²) in [6.07, 6.45) is 4.77. The Hall–Kier alpha value is -1.23. The number of halogens is 2. The van der Waals surface area contributed by atoms with Crippen LogP contribution in [-0.2, 0) is 12.8 Å². The molecule has 1 aromatic heterocycles. The van der Waals surface area contributed by atoms with E-state index in [9.17, 15) is 5.11 Å². The molecular weight excluding hydrogens is 321 g/mol. The van der Waals surface area contributed by atoms with Crippen molar-refractivity contribution < 1.29 is 5.11 Å². The van der Waals surface area contributed by atoms with Crippen LogP contribution in [0.2, 0.25) is 10.0 Å². The third kappa shape index (κ3) is 2.21. The zero-order chi connectivity index (χ0) is 15.3. The number of rotatable bonds is 2. The molecule has 0 unspecified atom stereocenters. The maximum Gasteiger partial charge on any atom is 0.120 e. The van der Waals surface area contributed by atoms with E-state index in [2.05, 4.69) is 15.1 Å². The summed E-state index contributed by atoms with van der Waals surface area (Å²) in [6, 6.07) is 3.70.